The molecule has 0 unspecified atom stereocenters. The zero-order valence-corrected chi connectivity index (χ0v) is 15.0. The van der Waals surface area contributed by atoms with Gasteiger partial charge >= 0.3 is 0 Å². The fourth-order valence-corrected chi connectivity index (χ4v) is 2.50. The molecule has 1 atom stereocenters. The van der Waals surface area contributed by atoms with Gasteiger partial charge in [0.2, 0.25) is 17.6 Å². The van der Waals surface area contributed by atoms with Gasteiger partial charge in [-0.3, -0.25) is 4.79 Å². The fraction of sp³-hybridized carbons (Fsp3) is 0.438. The van der Waals surface area contributed by atoms with E-state index >= 15 is 0 Å². The molecule has 0 bridgehead atoms. The second-order valence-electron chi connectivity index (χ2n) is 5.28. The van der Waals surface area contributed by atoms with Crippen LogP contribution in [0.3, 0.4) is 0 Å². The smallest absolute Gasteiger partial charge is 0.227 e. The van der Waals surface area contributed by atoms with Crippen molar-refractivity contribution in [1.82, 2.24) is 15.5 Å². The van der Waals surface area contributed by atoms with Crippen molar-refractivity contribution >= 4 is 28.5 Å². The maximum absolute atomic E-state index is 11.8. The van der Waals surface area contributed by atoms with E-state index in [-0.39, 0.29) is 11.9 Å². The van der Waals surface area contributed by atoms with E-state index in [9.17, 15) is 4.79 Å². The molecule has 6 heteroatoms. The van der Waals surface area contributed by atoms with Gasteiger partial charge in [0.25, 0.3) is 0 Å². The lowest BCUT2D eigenvalue weighted by Gasteiger charge is -2.11. The third-order valence-electron chi connectivity index (χ3n) is 3.27. The van der Waals surface area contributed by atoms with Gasteiger partial charge in [0.05, 0.1) is 0 Å². The summed E-state index contributed by atoms with van der Waals surface area (Å²) in [6.45, 7) is 4.12. The molecule has 0 saturated heterocycles. The van der Waals surface area contributed by atoms with Crippen LogP contribution in [0.1, 0.15) is 39.0 Å². The van der Waals surface area contributed by atoms with E-state index in [0.29, 0.717) is 24.6 Å². The molecule has 0 radical (unpaired) electrons. The number of rotatable bonds is 7. The van der Waals surface area contributed by atoms with Gasteiger partial charge in [0, 0.05) is 28.0 Å². The van der Waals surface area contributed by atoms with Gasteiger partial charge in [-0.25, -0.2) is 0 Å². The van der Waals surface area contributed by atoms with Crippen LogP contribution in [0.15, 0.2) is 28.8 Å². The second kappa shape index (κ2) is 8.26. The van der Waals surface area contributed by atoms with Gasteiger partial charge in [0.1, 0.15) is 0 Å². The summed E-state index contributed by atoms with van der Waals surface area (Å²) < 4.78 is 6.36. The number of aromatic nitrogens is 2. The second-order valence-corrected chi connectivity index (χ2v) is 6.52. The van der Waals surface area contributed by atoms with Crippen LogP contribution in [0.4, 0.5) is 0 Å². The lowest BCUT2D eigenvalue weighted by atomic mass is 10.2. The molecule has 1 aromatic carbocycles. The first kappa shape index (κ1) is 16.9. The van der Waals surface area contributed by atoms with Gasteiger partial charge in [-0.2, -0.15) is 4.98 Å². The summed E-state index contributed by atoms with van der Waals surface area (Å²) in [5.74, 6) is 1.08. The Bertz CT molecular complexity index is 610. The first-order valence-electron chi connectivity index (χ1n) is 7.46. The van der Waals surface area contributed by atoms with Crippen LogP contribution in [0.2, 0.25) is 0 Å². The molecule has 5 nitrogen and oxygen atoms in total. The Hall–Kier alpha value is -1.44. The van der Waals surface area contributed by atoms with Crippen molar-refractivity contribution in [3.63, 3.8) is 0 Å². The number of nitrogens with zero attached hydrogens (tertiary/aromatic N) is 2. The van der Waals surface area contributed by atoms with E-state index in [1.165, 1.54) is 0 Å². The number of amides is 1. The molecule has 0 saturated carbocycles. The first-order valence-corrected chi connectivity index (χ1v) is 8.54. The molecule has 118 valence electrons. The van der Waals surface area contributed by atoms with E-state index in [1.54, 1.807) is 0 Å². The third-order valence-corrected chi connectivity index (χ3v) is 3.98. The van der Waals surface area contributed by atoms with Crippen molar-refractivity contribution in [2.75, 3.05) is 0 Å². The maximum atomic E-state index is 11.8. The summed E-state index contributed by atoms with van der Waals surface area (Å²) in [5, 5.41) is 6.93. The molecule has 0 aliphatic heterocycles. The molecule has 1 N–H and O–H groups in total. The number of carbonyl (C=O) groups is 1. The quantitative estimate of drug-likeness (QED) is 0.705. The number of nitrogens with one attached hydrogen (secondary N) is 1. The molecule has 0 spiro atoms. The Morgan fingerprint density at radius 1 is 1.36 bits per heavy atom. The van der Waals surface area contributed by atoms with Gasteiger partial charge in [-0.05, 0) is 48.1 Å². The van der Waals surface area contributed by atoms with Crippen LogP contribution < -0.4 is 5.32 Å². The zero-order valence-electron chi connectivity index (χ0n) is 12.8. The fourth-order valence-electron chi connectivity index (χ4n) is 2.15. The molecule has 1 amide bonds. The Morgan fingerprint density at radius 2 is 2.09 bits per heavy atom. The van der Waals surface area contributed by atoms with Gasteiger partial charge in [-0.15, -0.1) is 0 Å². The molecular weight excluding hydrogens is 393 g/mol. The Balaban J connectivity index is 1.87. The van der Waals surface area contributed by atoms with E-state index in [0.717, 1.165) is 22.0 Å². The van der Waals surface area contributed by atoms with Gasteiger partial charge in [-0.1, -0.05) is 30.6 Å². The van der Waals surface area contributed by atoms with Crippen molar-refractivity contribution in [3.8, 4) is 11.4 Å². The number of hydrogen-bond acceptors (Lipinski definition) is 4. The number of aryl methyl sites for hydroxylation is 1. The van der Waals surface area contributed by atoms with Crippen molar-refractivity contribution in [3.05, 3.63) is 33.7 Å². The van der Waals surface area contributed by atoms with Crippen molar-refractivity contribution in [2.24, 2.45) is 0 Å². The molecule has 1 aromatic heterocycles. The minimum absolute atomic E-state index is 0.0231. The van der Waals surface area contributed by atoms with Crippen LogP contribution in [-0.4, -0.2) is 22.1 Å². The molecule has 0 fully saturated rings. The molecular formula is C16H20IN3O2. The van der Waals surface area contributed by atoms with Crippen molar-refractivity contribution in [1.29, 1.82) is 0 Å². The third kappa shape index (κ3) is 5.08. The molecule has 2 aromatic rings. The topological polar surface area (TPSA) is 68.0 Å². The summed E-state index contributed by atoms with van der Waals surface area (Å²) in [5.41, 5.74) is 0.913. The Labute approximate surface area is 144 Å². The highest BCUT2D eigenvalue weighted by Gasteiger charge is 2.12. The zero-order chi connectivity index (χ0) is 15.9. The highest BCUT2D eigenvalue weighted by atomic mass is 127. The molecule has 0 aliphatic carbocycles. The first-order chi connectivity index (χ1) is 10.6. The van der Waals surface area contributed by atoms with Crippen molar-refractivity contribution < 1.29 is 9.32 Å². The van der Waals surface area contributed by atoms with Crippen LogP contribution >= 0.6 is 22.6 Å². The molecule has 2 rings (SSSR count). The Kier molecular flexibility index (Phi) is 6.35. The highest BCUT2D eigenvalue weighted by Crippen LogP contribution is 2.17. The highest BCUT2D eigenvalue weighted by molar-refractivity contribution is 14.1. The molecule has 1 heterocycles. The summed E-state index contributed by atoms with van der Waals surface area (Å²) in [7, 11) is 0. The van der Waals surface area contributed by atoms with E-state index < -0.39 is 0 Å². The van der Waals surface area contributed by atoms with Crippen LogP contribution in [0, 0.1) is 3.57 Å². The minimum Gasteiger partial charge on any atom is -0.354 e. The van der Waals surface area contributed by atoms with Crippen LogP contribution in [-0.2, 0) is 11.2 Å². The number of benzene rings is 1. The number of hydrogen-bond donors (Lipinski definition) is 1. The molecule has 0 aliphatic rings. The monoisotopic (exact) mass is 413 g/mol. The number of halogens is 1. The summed E-state index contributed by atoms with van der Waals surface area (Å²) in [4.78, 5) is 16.2. The average Bonchev–Trinajstić information content (AvgIpc) is 2.95. The molecule has 22 heavy (non-hydrogen) atoms. The van der Waals surface area contributed by atoms with Gasteiger partial charge < -0.3 is 9.84 Å². The maximum Gasteiger partial charge on any atom is 0.227 e. The Morgan fingerprint density at radius 3 is 2.77 bits per heavy atom. The average molecular weight is 413 g/mol. The number of carbonyl (C=O) groups excluding carboxylic acids is 1. The van der Waals surface area contributed by atoms with Crippen LogP contribution in [0.25, 0.3) is 11.4 Å². The largest absolute Gasteiger partial charge is 0.354 e. The SMILES string of the molecule is CCC[C@@H](C)NC(=O)CCc1nc(-c2ccc(I)cc2)no1. The normalized spacial score (nSPS) is 12.1. The van der Waals surface area contributed by atoms with Crippen LogP contribution in [0.5, 0.6) is 0 Å². The summed E-state index contributed by atoms with van der Waals surface area (Å²) in [6.07, 6.45) is 2.87. The van der Waals surface area contributed by atoms with Crippen molar-refractivity contribution in [2.45, 2.75) is 45.6 Å². The summed E-state index contributed by atoms with van der Waals surface area (Å²) >= 11 is 2.25. The lowest BCUT2D eigenvalue weighted by molar-refractivity contribution is -0.121. The minimum atomic E-state index is 0.0231. The lowest BCUT2D eigenvalue weighted by Crippen LogP contribution is -2.32. The standard InChI is InChI=1S/C16H20IN3O2/c1-3-4-11(2)18-14(21)9-10-15-19-16(20-22-15)12-5-7-13(17)8-6-12/h5-8,11H,3-4,9-10H2,1-2H3,(H,18,21)/t11-/m1/s1. The summed E-state index contributed by atoms with van der Waals surface area (Å²) in [6, 6.07) is 8.11. The van der Waals surface area contributed by atoms with E-state index in [2.05, 4.69) is 45.0 Å². The predicted octanol–water partition coefficient (Wildman–Crippen LogP) is 3.58. The van der Waals surface area contributed by atoms with E-state index in [1.807, 2.05) is 31.2 Å². The van der Waals surface area contributed by atoms with Gasteiger partial charge in [0.15, 0.2) is 0 Å². The van der Waals surface area contributed by atoms with E-state index in [4.69, 9.17) is 4.52 Å². The predicted molar refractivity (Wildman–Crippen MR) is 93.3 cm³/mol.